The van der Waals surface area contributed by atoms with Crippen LogP contribution >= 0.6 is 0 Å². The molecule has 13 heavy (non-hydrogen) atoms. The van der Waals surface area contributed by atoms with Crippen molar-refractivity contribution in [2.45, 2.75) is 32.9 Å². The molecule has 0 spiro atoms. The monoisotopic (exact) mass is 183 g/mol. The second kappa shape index (κ2) is 4.37. The lowest BCUT2D eigenvalue weighted by molar-refractivity contribution is -0.119. The molecule has 4 heteroatoms. The Hall–Kier alpha value is -0.900. The van der Waals surface area contributed by atoms with Crippen LogP contribution in [0.5, 0.6) is 0 Å². The summed E-state index contributed by atoms with van der Waals surface area (Å²) in [5.41, 5.74) is 5.85. The third-order valence-corrected chi connectivity index (χ3v) is 2.30. The quantitative estimate of drug-likeness (QED) is 0.693. The molecule has 1 aliphatic heterocycles. The molecule has 1 rings (SSSR count). The van der Waals surface area contributed by atoms with Gasteiger partial charge in [-0.1, -0.05) is 13.3 Å². The van der Waals surface area contributed by atoms with Crippen LogP contribution in [0.3, 0.4) is 0 Å². The van der Waals surface area contributed by atoms with Gasteiger partial charge in [-0.2, -0.15) is 5.10 Å². The van der Waals surface area contributed by atoms with Gasteiger partial charge < -0.3 is 5.73 Å². The van der Waals surface area contributed by atoms with Crippen molar-refractivity contribution in [3.8, 4) is 0 Å². The van der Waals surface area contributed by atoms with Crippen molar-refractivity contribution in [1.29, 1.82) is 0 Å². The lowest BCUT2D eigenvalue weighted by Crippen LogP contribution is -2.43. The summed E-state index contributed by atoms with van der Waals surface area (Å²) in [6, 6.07) is 0. The lowest BCUT2D eigenvalue weighted by Gasteiger charge is -2.22. The Morgan fingerprint density at radius 1 is 1.69 bits per heavy atom. The summed E-state index contributed by atoms with van der Waals surface area (Å²) >= 11 is 0. The number of ketones is 1. The zero-order chi connectivity index (χ0) is 9.84. The highest BCUT2D eigenvalue weighted by atomic mass is 16.1. The van der Waals surface area contributed by atoms with Gasteiger partial charge in [0.25, 0.3) is 0 Å². The fraction of sp³-hybridized carbons (Fsp3) is 0.778. The molecule has 0 saturated heterocycles. The average Bonchev–Trinajstić information content (AvgIpc) is 2.43. The van der Waals surface area contributed by atoms with Crippen molar-refractivity contribution >= 4 is 12.0 Å². The van der Waals surface area contributed by atoms with Gasteiger partial charge in [-0.05, 0) is 13.3 Å². The highest BCUT2D eigenvalue weighted by Crippen LogP contribution is 2.14. The number of hydrogen-bond acceptors (Lipinski definition) is 4. The Balaban J connectivity index is 2.46. The van der Waals surface area contributed by atoms with E-state index in [-0.39, 0.29) is 17.9 Å². The highest BCUT2D eigenvalue weighted by molar-refractivity contribution is 5.94. The van der Waals surface area contributed by atoms with E-state index in [1.165, 1.54) is 0 Å². The van der Waals surface area contributed by atoms with E-state index in [0.29, 0.717) is 0 Å². The van der Waals surface area contributed by atoms with E-state index in [1.807, 2.05) is 0 Å². The van der Waals surface area contributed by atoms with Crippen molar-refractivity contribution in [2.24, 2.45) is 16.8 Å². The van der Waals surface area contributed by atoms with Crippen molar-refractivity contribution < 1.29 is 4.79 Å². The van der Waals surface area contributed by atoms with Crippen LogP contribution in [-0.4, -0.2) is 29.7 Å². The molecule has 0 saturated carbocycles. The number of Topliss-reactive ketones (excluding diaryl/α,β-unsaturated/α-hetero) is 1. The zero-order valence-electron chi connectivity index (χ0n) is 8.23. The van der Waals surface area contributed by atoms with E-state index >= 15 is 0 Å². The first-order valence-electron chi connectivity index (χ1n) is 4.73. The van der Waals surface area contributed by atoms with E-state index in [2.05, 4.69) is 12.0 Å². The van der Waals surface area contributed by atoms with Crippen LogP contribution in [-0.2, 0) is 4.79 Å². The SMILES string of the molecule is CCCCN1N=CC(C(C)=O)C1N. The molecular weight excluding hydrogens is 166 g/mol. The molecule has 1 heterocycles. The maximum absolute atomic E-state index is 11.1. The molecule has 0 fully saturated rings. The molecule has 0 aromatic carbocycles. The standard InChI is InChI=1S/C9H17N3O/c1-3-4-5-12-9(10)8(6-11-12)7(2)13/h6,8-9H,3-5,10H2,1-2H3. The Morgan fingerprint density at radius 2 is 2.38 bits per heavy atom. The van der Waals surface area contributed by atoms with Gasteiger partial charge in [0.1, 0.15) is 11.9 Å². The van der Waals surface area contributed by atoms with Crippen LogP contribution in [0.2, 0.25) is 0 Å². The molecule has 0 bridgehead atoms. The predicted molar refractivity (Wildman–Crippen MR) is 52.3 cm³/mol. The normalized spacial score (nSPS) is 26.8. The maximum Gasteiger partial charge on any atom is 0.141 e. The van der Waals surface area contributed by atoms with Gasteiger partial charge in [0.15, 0.2) is 0 Å². The van der Waals surface area contributed by atoms with Crippen LogP contribution in [0.1, 0.15) is 26.7 Å². The first-order valence-corrected chi connectivity index (χ1v) is 4.73. The van der Waals surface area contributed by atoms with Crippen LogP contribution in [0.4, 0.5) is 0 Å². The van der Waals surface area contributed by atoms with Crippen LogP contribution in [0.15, 0.2) is 5.10 Å². The summed E-state index contributed by atoms with van der Waals surface area (Å²) in [6.45, 7) is 4.52. The fourth-order valence-corrected chi connectivity index (χ4v) is 1.38. The van der Waals surface area contributed by atoms with Crippen molar-refractivity contribution in [3.05, 3.63) is 0 Å². The summed E-state index contributed by atoms with van der Waals surface area (Å²) < 4.78 is 0. The Bertz CT molecular complexity index is 215. The number of hydrogen-bond donors (Lipinski definition) is 1. The summed E-state index contributed by atoms with van der Waals surface area (Å²) in [4.78, 5) is 11.1. The molecule has 0 aromatic rings. The topological polar surface area (TPSA) is 58.7 Å². The first kappa shape index (κ1) is 10.2. The van der Waals surface area contributed by atoms with Gasteiger partial charge in [-0.3, -0.25) is 9.80 Å². The van der Waals surface area contributed by atoms with Gasteiger partial charge in [-0.25, -0.2) is 0 Å². The van der Waals surface area contributed by atoms with Crippen molar-refractivity contribution in [3.63, 3.8) is 0 Å². The minimum absolute atomic E-state index is 0.0928. The molecule has 1 aliphatic rings. The third kappa shape index (κ3) is 2.28. The molecule has 4 nitrogen and oxygen atoms in total. The second-order valence-corrected chi connectivity index (χ2v) is 3.41. The molecule has 74 valence electrons. The molecule has 2 N–H and O–H groups in total. The molecule has 0 radical (unpaired) electrons. The molecule has 2 atom stereocenters. The minimum Gasteiger partial charge on any atom is -0.309 e. The number of rotatable bonds is 4. The zero-order valence-corrected chi connectivity index (χ0v) is 8.23. The largest absolute Gasteiger partial charge is 0.309 e. The molecular formula is C9H17N3O. The second-order valence-electron chi connectivity index (χ2n) is 3.41. The van der Waals surface area contributed by atoms with Crippen molar-refractivity contribution in [2.75, 3.05) is 6.54 Å². The molecule has 0 amide bonds. The van der Waals surface area contributed by atoms with Gasteiger partial charge >= 0.3 is 0 Å². The maximum atomic E-state index is 11.1. The van der Waals surface area contributed by atoms with Crippen molar-refractivity contribution in [1.82, 2.24) is 5.01 Å². The number of hydrazone groups is 1. The average molecular weight is 183 g/mol. The Labute approximate surface area is 78.8 Å². The summed E-state index contributed by atoms with van der Waals surface area (Å²) in [5, 5.41) is 5.92. The van der Waals surface area contributed by atoms with Gasteiger partial charge in [0.2, 0.25) is 0 Å². The van der Waals surface area contributed by atoms with Crippen LogP contribution < -0.4 is 5.73 Å². The van der Waals surface area contributed by atoms with Gasteiger partial charge in [0.05, 0.1) is 5.92 Å². The highest BCUT2D eigenvalue weighted by Gasteiger charge is 2.29. The molecule has 0 aromatic heterocycles. The first-order chi connectivity index (χ1) is 6.16. The summed E-state index contributed by atoms with van der Waals surface area (Å²) in [6.07, 6.45) is 3.59. The van der Waals surface area contributed by atoms with E-state index in [9.17, 15) is 4.79 Å². The van der Waals surface area contributed by atoms with E-state index in [0.717, 1.165) is 19.4 Å². The van der Waals surface area contributed by atoms with E-state index < -0.39 is 0 Å². The predicted octanol–water partition coefficient (Wildman–Crippen LogP) is 0.578. The number of carbonyl (C=O) groups excluding carboxylic acids is 1. The Kier molecular flexibility index (Phi) is 3.42. The minimum atomic E-state index is -0.246. The molecule has 2 unspecified atom stereocenters. The lowest BCUT2D eigenvalue weighted by atomic mass is 10.0. The van der Waals surface area contributed by atoms with Crippen LogP contribution in [0, 0.1) is 5.92 Å². The Morgan fingerprint density at radius 3 is 2.85 bits per heavy atom. The summed E-state index contributed by atoms with van der Waals surface area (Å²) in [5.74, 6) is -0.118. The third-order valence-electron chi connectivity index (χ3n) is 2.30. The number of unbranched alkanes of at least 4 members (excludes halogenated alkanes) is 1. The van der Waals surface area contributed by atoms with Gasteiger partial charge in [-0.15, -0.1) is 0 Å². The van der Waals surface area contributed by atoms with E-state index in [4.69, 9.17) is 5.73 Å². The van der Waals surface area contributed by atoms with E-state index in [1.54, 1.807) is 18.1 Å². The van der Waals surface area contributed by atoms with Gasteiger partial charge in [0, 0.05) is 12.8 Å². The number of nitrogens with zero attached hydrogens (tertiary/aromatic N) is 2. The number of carbonyl (C=O) groups is 1. The van der Waals surface area contributed by atoms with Crippen LogP contribution in [0.25, 0.3) is 0 Å². The molecule has 0 aliphatic carbocycles. The number of nitrogens with two attached hydrogens (primary N) is 1. The summed E-state index contributed by atoms with van der Waals surface area (Å²) in [7, 11) is 0. The fourth-order valence-electron chi connectivity index (χ4n) is 1.38. The smallest absolute Gasteiger partial charge is 0.141 e.